The van der Waals surface area contributed by atoms with E-state index in [0.717, 1.165) is 36.2 Å². The van der Waals surface area contributed by atoms with Gasteiger partial charge in [-0.3, -0.25) is 9.25 Å². The highest BCUT2D eigenvalue weighted by molar-refractivity contribution is 7.89. The van der Waals surface area contributed by atoms with Crippen LogP contribution in [-0.4, -0.2) is 22.8 Å². The molecule has 0 bridgehead atoms. The van der Waals surface area contributed by atoms with Crippen LogP contribution in [0.15, 0.2) is 32.3 Å². The second-order valence-corrected chi connectivity index (χ2v) is 8.41. The Kier molecular flexibility index (Phi) is 3.81. The minimum atomic E-state index is -3.76. The topological polar surface area (TPSA) is 99.1 Å². The van der Waals surface area contributed by atoms with Crippen molar-refractivity contribution in [3.63, 3.8) is 0 Å². The molecule has 4 rings (SSSR count). The molecular formula is C17H20N4O4S. The van der Waals surface area contributed by atoms with Gasteiger partial charge in [-0.15, -0.1) is 0 Å². The van der Waals surface area contributed by atoms with Gasteiger partial charge in [0.1, 0.15) is 0 Å². The summed E-state index contributed by atoms with van der Waals surface area (Å²) in [5.41, 5.74) is 3.69. The summed E-state index contributed by atoms with van der Waals surface area (Å²) in [6.45, 7) is 1.90. The van der Waals surface area contributed by atoms with E-state index in [0.29, 0.717) is 5.52 Å². The molecule has 0 saturated heterocycles. The van der Waals surface area contributed by atoms with E-state index in [4.69, 9.17) is 4.42 Å². The molecule has 26 heavy (non-hydrogen) atoms. The van der Waals surface area contributed by atoms with Gasteiger partial charge >= 0.3 is 5.76 Å². The number of rotatable bonds is 3. The molecule has 0 saturated carbocycles. The van der Waals surface area contributed by atoms with Crippen molar-refractivity contribution < 1.29 is 12.8 Å². The van der Waals surface area contributed by atoms with Crippen LogP contribution in [-0.2, 0) is 30.5 Å². The lowest BCUT2D eigenvalue weighted by Crippen LogP contribution is -2.31. The Morgan fingerprint density at radius 1 is 1.31 bits per heavy atom. The van der Waals surface area contributed by atoms with E-state index >= 15 is 0 Å². The summed E-state index contributed by atoms with van der Waals surface area (Å²) < 4.78 is 36.9. The fourth-order valence-electron chi connectivity index (χ4n) is 3.74. The molecule has 0 fully saturated rings. The molecular weight excluding hydrogens is 356 g/mol. The van der Waals surface area contributed by atoms with Crippen LogP contribution < -0.4 is 10.5 Å². The van der Waals surface area contributed by atoms with Crippen LogP contribution in [0.1, 0.15) is 35.8 Å². The van der Waals surface area contributed by atoms with Gasteiger partial charge in [-0.05, 0) is 38.3 Å². The first kappa shape index (κ1) is 17.0. The van der Waals surface area contributed by atoms with Gasteiger partial charge in [0.15, 0.2) is 5.58 Å². The highest BCUT2D eigenvalue weighted by Gasteiger charge is 2.30. The lowest BCUT2D eigenvalue weighted by Gasteiger charge is -2.24. The predicted octanol–water partition coefficient (Wildman–Crippen LogP) is 1.53. The van der Waals surface area contributed by atoms with Crippen LogP contribution in [0, 0.1) is 6.92 Å². The molecule has 1 atom stereocenters. The van der Waals surface area contributed by atoms with E-state index in [9.17, 15) is 13.2 Å². The van der Waals surface area contributed by atoms with Gasteiger partial charge in [-0.2, -0.15) is 5.10 Å². The smallest absolute Gasteiger partial charge is 0.408 e. The standard InChI is InChI=1S/C17H20N4O4S/c1-10-16-12(5-4-6-14(16)21(3)18-10)19-26(23,24)11-7-8-13-15(9-11)25-17(22)20(13)2/h7-9,12,19H,4-6H2,1-3H3. The van der Waals surface area contributed by atoms with Crippen LogP contribution in [0.4, 0.5) is 0 Å². The summed E-state index contributed by atoms with van der Waals surface area (Å²) in [5, 5.41) is 4.43. The highest BCUT2D eigenvalue weighted by atomic mass is 32.2. The minimum absolute atomic E-state index is 0.0769. The molecule has 1 aromatic carbocycles. The van der Waals surface area contributed by atoms with Crippen molar-refractivity contribution in [2.75, 3.05) is 0 Å². The Bertz CT molecular complexity index is 1170. The van der Waals surface area contributed by atoms with Gasteiger partial charge in [-0.1, -0.05) is 0 Å². The Hall–Kier alpha value is -2.39. The second-order valence-electron chi connectivity index (χ2n) is 6.69. The number of oxazole rings is 1. The number of aromatic nitrogens is 3. The molecule has 2 heterocycles. The third-order valence-electron chi connectivity index (χ3n) is 5.02. The van der Waals surface area contributed by atoms with Gasteiger partial charge in [0.2, 0.25) is 10.0 Å². The number of nitrogens with one attached hydrogen (secondary N) is 1. The molecule has 0 aliphatic heterocycles. The maximum atomic E-state index is 12.9. The van der Waals surface area contributed by atoms with E-state index in [2.05, 4.69) is 9.82 Å². The zero-order chi connectivity index (χ0) is 18.6. The lowest BCUT2D eigenvalue weighted by molar-refractivity contribution is 0.497. The Morgan fingerprint density at radius 3 is 2.85 bits per heavy atom. The fraction of sp³-hybridized carbons (Fsp3) is 0.412. The largest absolute Gasteiger partial charge is 0.419 e. The van der Waals surface area contributed by atoms with Crippen LogP contribution in [0.2, 0.25) is 0 Å². The molecule has 1 N–H and O–H groups in total. The number of sulfonamides is 1. The SMILES string of the molecule is Cc1nn(C)c2c1C(NS(=O)(=O)c1ccc3c(c1)oc(=O)n3C)CCC2. The molecule has 138 valence electrons. The molecule has 0 radical (unpaired) electrons. The van der Waals surface area contributed by atoms with Gasteiger partial charge in [0.05, 0.1) is 22.1 Å². The Labute approximate surface area is 150 Å². The van der Waals surface area contributed by atoms with E-state index in [1.54, 1.807) is 13.1 Å². The predicted molar refractivity (Wildman–Crippen MR) is 95.4 cm³/mol. The van der Waals surface area contributed by atoms with Crippen LogP contribution in [0.3, 0.4) is 0 Å². The number of hydrogen-bond acceptors (Lipinski definition) is 5. The first-order valence-electron chi connectivity index (χ1n) is 8.42. The average molecular weight is 376 g/mol. The lowest BCUT2D eigenvalue weighted by atomic mass is 9.92. The van der Waals surface area contributed by atoms with Gasteiger partial charge in [0, 0.05) is 31.4 Å². The van der Waals surface area contributed by atoms with E-state index in [-0.39, 0.29) is 16.5 Å². The summed E-state index contributed by atoms with van der Waals surface area (Å²) in [7, 11) is -0.302. The third-order valence-corrected chi connectivity index (χ3v) is 6.49. The number of aryl methyl sites for hydroxylation is 3. The summed E-state index contributed by atoms with van der Waals surface area (Å²) >= 11 is 0. The Morgan fingerprint density at radius 2 is 2.08 bits per heavy atom. The summed E-state index contributed by atoms with van der Waals surface area (Å²) in [4.78, 5) is 11.7. The molecule has 1 unspecified atom stereocenters. The van der Waals surface area contributed by atoms with Crippen molar-refractivity contribution in [1.82, 2.24) is 19.1 Å². The zero-order valence-corrected chi connectivity index (χ0v) is 15.6. The van der Waals surface area contributed by atoms with E-state index < -0.39 is 15.8 Å². The molecule has 1 aliphatic rings. The number of fused-ring (bicyclic) bond motifs is 2. The molecule has 0 spiro atoms. The van der Waals surface area contributed by atoms with Crippen LogP contribution >= 0.6 is 0 Å². The van der Waals surface area contributed by atoms with Gasteiger partial charge in [-0.25, -0.2) is 17.9 Å². The number of nitrogens with zero attached hydrogens (tertiary/aromatic N) is 3. The van der Waals surface area contributed by atoms with Gasteiger partial charge < -0.3 is 4.42 Å². The van der Waals surface area contributed by atoms with E-state index in [1.807, 2.05) is 18.7 Å². The van der Waals surface area contributed by atoms with Crippen molar-refractivity contribution in [3.8, 4) is 0 Å². The molecule has 9 heteroatoms. The van der Waals surface area contributed by atoms with Crippen LogP contribution in [0.25, 0.3) is 11.1 Å². The summed E-state index contributed by atoms with van der Waals surface area (Å²) in [5.74, 6) is -0.523. The van der Waals surface area contributed by atoms with Gasteiger partial charge in [0.25, 0.3) is 0 Å². The maximum Gasteiger partial charge on any atom is 0.419 e. The quantitative estimate of drug-likeness (QED) is 0.747. The summed E-state index contributed by atoms with van der Waals surface area (Å²) in [6, 6.07) is 4.14. The van der Waals surface area contributed by atoms with Crippen molar-refractivity contribution in [2.45, 2.75) is 37.1 Å². The van der Waals surface area contributed by atoms with Crippen molar-refractivity contribution in [2.24, 2.45) is 14.1 Å². The Balaban J connectivity index is 1.72. The monoisotopic (exact) mass is 376 g/mol. The average Bonchev–Trinajstić information content (AvgIpc) is 3.04. The summed E-state index contributed by atoms with van der Waals surface area (Å²) in [6.07, 6.45) is 2.51. The fourth-order valence-corrected chi connectivity index (χ4v) is 5.00. The number of hydrogen-bond donors (Lipinski definition) is 1. The zero-order valence-electron chi connectivity index (χ0n) is 14.8. The minimum Gasteiger partial charge on any atom is -0.408 e. The maximum absolute atomic E-state index is 12.9. The van der Waals surface area contributed by atoms with Crippen molar-refractivity contribution >= 4 is 21.1 Å². The molecule has 0 amide bonds. The first-order valence-corrected chi connectivity index (χ1v) is 9.90. The number of benzene rings is 1. The second kappa shape index (κ2) is 5.82. The molecule has 1 aliphatic carbocycles. The molecule has 2 aromatic heterocycles. The normalized spacial score (nSPS) is 17.6. The molecule has 8 nitrogen and oxygen atoms in total. The highest BCUT2D eigenvalue weighted by Crippen LogP contribution is 2.33. The third kappa shape index (κ3) is 2.58. The van der Waals surface area contributed by atoms with E-state index in [1.165, 1.54) is 16.7 Å². The van der Waals surface area contributed by atoms with Crippen molar-refractivity contribution in [3.05, 3.63) is 45.7 Å². The molecule has 3 aromatic rings. The van der Waals surface area contributed by atoms with Crippen molar-refractivity contribution in [1.29, 1.82) is 0 Å². The first-order chi connectivity index (χ1) is 12.3. The van der Waals surface area contributed by atoms with Crippen LogP contribution in [0.5, 0.6) is 0 Å².